The lowest BCUT2D eigenvalue weighted by Crippen LogP contribution is -2.15. The molecule has 0 fully saturated rings. The highest BCUT2D eigenvalue weighted by molar-refractivity contribution is 5.97. The summed E-state index contributed by atoms with van der Waals surface area (Å²) in [5.74, 6) is -0.907. The Bertz CT molecular complexity index is 726. The summed E-state index contributed by atoms with van der Waals surface area (Å²) >= 11 is 0. The smallest absolute Gasteiger partial charge is 0.335 e. The molecule has 0 saturated carbocycles. The fourth-order valence-corrected chi connectivity index (χ4v) is 3.12. The molecule has 4 N–H and O–H groups in total. The Morgan fingerprint density at radius 2 is 1.96 bits per heavy atom. The first-order valence-electron chi connectivity index (χ1n) is 8.50. The van der Waals surface area contributed by atoms with E-state index in [0.29, 0.717) is 25.1 Å². The van der Waals surface area contributed by atoms with Gasteiger partial charge < -0.3 is 20.5 Å². The molecule has 0 atom stereocenters. The fraction of sp³-hybridized carbons (Fsp3) is 0.526. The predicted octanol–water partition coefficient (Wildman–Crippen LogP) is 2.91. The Morgan fingerprint density at radius 3 is 2.50 bits per heavy atom. The molecule has 2 aromatic rings. The molecule has 0 amide bonds. The maximum Gasteiger partial charge on any atom is 0.335 e. The van der Waals surface area contributed by atoms with Crippen LogP contribution >= 0.6 is 0 Å². The van der Waals surface area contributed by atoms with Crippen LogP contribution in [0.15, 0.2) is 18.3 Å². The van der Waals surface area contributed by atoms with Crippen molar-refractivity contribution in [2.45, 2.75) is 52.0 Å². The molecule has 1 aromatic carbocycles. The first-order valence-corrected chi connectivity index (χ1v) is 8.50. The van der Waals surface area contributed by atoms with E-state index in [1.165, 1.54) is 0 Å². The third-order valence-electron chi connectivity index (χ3n) is 4.32. The van der Waals surface area contributed by atoms with Crippen LogP contribution in [0.2, 0.25) is 0 Å². The lowest BCUT2D eigenvalue weighted by Gasteiger charge is -2.22. The number of fused-ring (bicyclic) bond motifs is 1. The Hall–Kier alpha value is -1.85. The van der Waals surface area contributed by atoms with E-state index < -0.39 is 5.97 Å². The quantitative estimate of drug-likeness (QED) is 0.727. The van der Waals surface area contributed by atoms with Crippen LogP contribution in [-0.4, -0.2) is 33.9 Å². The molecule has 2 rings (SSSR count). The maximum absolute atomic E-state index is 11.6. The number of aliphatic hydroxyl groups excluding tert-OH is 1. The highest BCUT2D eigenvalue weighted by Crippen LogP contribution is 2.35. The average Bonchev–Trinajstić information content (AvgIpc) is 2.86. The molecule has 0 aliphatic rings. The molecule has 1 heterocycles. The standard InChI is InChI=1S/C19H28N2O3/c1-19(2,3)16-11-14(18(23)24)10-15-13(6-4-7-20)12-21(17(15)16)8-5-9-22/h10-12,22H,4-9,20H2,1-3H3,(H,23,24). The summed E-state index contributed by atoms with van der Waals surface area (Å²) in [6, 6.07) is 3.56. The van der Waals surface area contributed by atoms with Crippen LogP contribution in [0.1, 0.15) is 55.1 Å². The second-order valence-electron chi connectivity index (χ2n) is 7.29. The molecule has 5 heteroatoms. The van der Waals surface area contributed by atoms with E-state index >= 15 is 0 Å². The van der Waals surface area contributed by atoms with Gasteiger partial charge in [0, 0.05) is 24.7 Å². The minimum atomic E-state index is -0.907. The van der Waals surface area contributed by atoms with Crippen LogP contribution in [0, 0.1) is 0 Å². The van der Waals surface area contributed by atoms with Crippen molar-refractivity contribution in [3.05, 3.63) is 35.0 Å². The van der Waals surface area contributed by atoms with E-state index in [-0.39, 0.29) is 12.0 Å². The summed E-state index contributed by atoms with van der Waals surface area (Å²) in [6.07, 6.45) is 4.45. The van der Waals surface area contributed by atoms with Crippen LogP contribution in [0.3, 0.4) is 0 Å². The van der Waals surface area contributed by atoms with Gasteiger partial charge in [-0.1, -0.05) is 20.8 Å². The number of hydrogen-bond donors (Lipinski definition) is 3. The van der Waals surface area contributed by atoms with Crippen molar-refractivity contribution in [1.29, 1.82) is 0 Å². The minimum absolute atomic E-state index is 0.135. The number of nitrogens with two attached hydrogens (primary N) is 1. The number of carbonyl (C=O) groups is 1. The molecule has 0 unspecified atom stereocenters. The lowest BCUT2D eigenvalue weighted by atomic mass is 9.84. The van der Waals surface area contributed by atoms with Crippen LogP contribution < -0.4 is 5.73 Å². The number of carboxylic acid groups (broad SMARTS) is 1. The second-order valence-corrected chi connectivity index (χ2v) is 7.29. The number of nitrogens with zero attached hydrogens (tertiary/aromatic N) is 1. The van der Waals surface area contributed by atoms with Crippen molar-refractivity contribution in [1.82, 2.24) is 4.57 Å². The summed E-state index contributed by atoms with van der Waals surface area (Å²) < 4.78 is 2.16. The number of aryl methyl sites for hydroxylation is 2. The Morgan fingerprint density at radius 1 is 1.25 bits per heavy atom. The van der Waals surface area contributed by atoms with Crippen molar-refractivity contribution in [3.8, 4) is 0 Å². The first kappa shape index (κ1) is 18.5. The topological polar surface area (TPSA) is 88.5 Å². The summed E-state index contributed by atoms with van der Waals surface area (Å²) in [5.41, 5.74) is 9.02. The van der Waals surface area contributed by atoms with Gasteiger partial charge in [0.05, 0.1) is 11.1 Å². The van der Waals surface area contributed by atoms with E-state index in [1.807, 2.05) is 0 Å². The third kappa shape index (κ3) is 3.79. The normalized spacial score (nSPS) is 12.0. The summed E-state index contributed by atoms with van der Waals surface area (Å²) in [6.45, 7) is 7.73. The van der Waals surface area contributed by atoms with Gasteiger partial charge in [0.2, 0.25) is 0 Å². The van der Waals surface area contributed by atoms with Crippen molar-refractivity contribution in [3.63, 3.8) is 0 Å². The molecular formula is C19H28N2O3. The fourth-order valence-electron chi connectivity index (χ4n) is 3.12. The van der Waals surface area contributed by atoms with Crippen molar-refractivity contribution in [2.75, 3.05) is 13.2 Å². The first-order chi connectivity index (χ1) is 11.3. The average molecular weight is 332 g/mol. The highest BCUT2D eigenvalue weighted by atomic mass is 16.4. The summed E-state index contributed by atoms with van der Waals surface area (Å²) in [7, 11) is 0. The Balaban J connectivity index is 2.75. The SMILES string of the molecule is CC(C)(C)c1cc(C(=O)O)cc2c(CCCN)cn(CCCO)c12. The monoisotopic (exact) mass is 332 g/mol. The predicted molar refractivity (Wildman–Crippen MR) is 96.7 cm³/mol. The Labute approximate surface area is 143 Å². The van der Waals surface area contributed by atoms with Gasteiger partial charge in [-0.05, 0) is 54.5 Å². The van der Waals surface area contributed by atoms with Crippen LogP contribution in [-0.2, 0) is 18.4 Å². The molecule has 24 heavy (non-hydrogen) atoms. The van der Waals surface area contributed by atoms with E-state index in [9.17, 15) is 15.0 Å². The summed E-state index contributed by atoms with van der Waals surface area (Å²) in [4.78, 5) is 11.6. The van der Waals surface area contributed by atoms with Gasteiger partial charge in [-0.2, -0.15) is 0 Å². The highest BCUT2D eigenvalue weighted by Gasteiger charge is 2.23. The maximum atomic E-state index is 11.6. The summed E-state index contributed by atoms with van der Waals surface area (Å²) in [5, 5.41) is 19.7. The van der Waals surface area contributed by atoms with E-state index in [2.05, 4.69) is 31.5 Å². The Kier molecular flexibility index (Phi) is 5.67. The molecule has 0 radical (unpaired) electrons. The van der Waals surface area contributed by atoms with Crippen molar-refractivity contribution >= 4 is 16.9 Å². The van der Waals surface area contributed by atoms with Crippen molar-refractivity contribution in [2.24, 2.45) is 5.73 Å². The van der Waals surface area contributed by atoms with Crippen LogP contribution in [0.5, 0.6) is 0 Å². The molecule has 0 spiro atoms. The van der Waals surface area contributed by atoms with Crippen molar-refractivity contribution < 1.29 is 15.0 Å². The zero-order valence-electron chi connectivity index (χ0n) is 14.8. The van der Waals surface area contributed by atoms with Gasteiger partial charge in [0.1, 0.15) is 0 Å². The molecule has 0 saturated heterocycles. The molecule has 0 aliphatic carbocycles. The lowest BCUT2D eigenvalue weighted by molar-refractivity contribution is 0.0697. The molecule has 1 aromatic heterocycles. The number of carboxylic acids is 1. The molecule has 132 valence electrons. The third-order valence-corrected chi connectivity index (χ3v) is 4.32. The van der Waals surface area contributed by atoms with E-state index in [4.69, 9.17) is 5.73 Å². The molecule has 0 bridgehead atoms. The van der Waals surface area contributed by atoms with Crippen LogP contribution in [0.25, 0.3) is 10.9 Å². The molecular weight excluding hydrogens is 304 g/mol. The van der Waals surface area contributed by atoms with Gasteiger partial charge in [-0.3, -0.25) is 0 Å². The number of rotatable bonds is 7. The van der Waals surface area contributed by atoms with E-state index in [1.54, 1.807) is 12.1 Å². The zero-order chi connectivity index (χ0) is 17.9. The largest absolute Gasteiger partial charge is 0.478 e. The molecule has 0 aliphatic heterocycles. The number of benzene rings is 1. The number of aromatic nitrogens is 1. The van der Waals surface area contributed by atoms with Gasteiger partial charge in [-0.25, -0.2) is 4.79 Å². The number of aliphatic hydroxyl groups is 1. The number of hydrogen-bond acceptors (Lipinski definition) is 3. The number of aromatic carboxylic acids is 1. The van der Waals surface area contributed by atoms with Gasteiger partial charge >= 0.3 is 5.97 Å². The van der Waals surface area contributed by atoms with Crippen LogP contribution in [0.4, 0.5) is 0 Å². The van der Waals surface area contributed by atoms with Gasteiger partial charge in [0.15, 0.2) is 0 Å². The zero-order valence-corrected chi connectivity index (χ0v) is 14.8. The van der Waals surface area contributed by atoms with E-state index in [0.717, 1.165) is 34.9 Å². The second kappa shape index (κ2) is 7.36. The van der Waals surface area contributed by atoms with Gasteiger partial charge in [-0.15, -0.1) is 0 Å². The minimum Gasteiger partial charge on any atom is -0.478 e. The molecule has 5 nitrogen and oxygen atoms in total. The van der Waals surface area contributed by atoms with Gasteiger partial charge in [0.25, 0.3) is 0 Å².